The van der Waals surface area contributed by atoms with Gasteiger partial charge in [0.1, 0.15) is 11.5 Å². The highest BCUT2D eigenvalue weighted by Gasteiger charge is 2.45. The Bertz CT molecular complexity index is 1000. The van der Waals surface area contributed by atoms with E-state index in [0.29, 0.717) is 17.9 Å². The second-order valence-corrected chi connectivity index (χ2v) is 8.22. The number of methoxy groups -OCH3 is 1. The number of nitrogens with zero attached hydrogens (tertiary/aromatic N) is 1. The largest absolute Gasteiger partial charge is 0.507 e. The SMILES string of the molecule is CCCOc1ccc(C2/C(=C(/O)c3ccc(Br)c(C)c3)C(=O)C(=O)N2CCOC)cc1. The Morgan fingerprint density at radius 3 is 2.45 bits per heavy atom. The summed E-state index contributed by atoms with van der Waals surface area (Å²) in [6, 6.07) is 11.9. The van der Waals surface area contributed by atoms with Gasteiger partial charge in [-0.2, -0.15) is 0 Å². The van der Waals surface area contributed by atoms with Gasteiger partial charge in [0.15, 0.2) is 0 Å². The zero-order valence-corrected chi connectivity index (χ0v) is 19.4. The van der Waals surface area contributed by atoms with Crippen LogP contribution >= 0.6 is 15.9 Å². The van der Waals surface area contributed by atoms with E-state index in [0.717, 1.165) is 22.0 Å². The third-order valence-electron chi connectivity index (χ3n) is 5.18. The molecule has 2 aromatic rings. The van der Waals surface area contributed by atoms with Crippen molar-refractivity contribution in [3.05, 3.63) is 69.2 Å². The number of hydrogen-bond donors (Lipinski definition) is 1. The topological polar surface area (TPSA) is 76.1 Å². The molecule has 31 heavy (non-hydrogen) atoms. The van der Waals surface area contributed by atoms with Crippen molar-refractivity contribution in [1.29, 1.82) is 0 Å². The first-order valence-electron chi connectivity index (χ1n) is 10.2. The van der Waals surface area contributed by atoms with Crippen molar-refractivity contribution in [2.75, 3.05) is 26.9 Å². The molecule has 0 bridgehead atoms. The summed E-state index contributed by atoms with van der Waals surface area (Å²) in [6.07, 6.45) is 0.894. The van der Waals surface area contributed by atoms with E-state index < -0.39 is 17.7 Å². The summed E-state index contributed by atoms with van der Waals surface area (Å²) in [5.41, 5.74) is 2.18. The summed E-state index contributed by atoms with van der Waals surface area (Å²) in [7, 11) is 1.54. The number of aliphatic hydroxyl groups excluding tert-OH is 1. The molecule has 2 aromatic carbocycles. The first kappa shape index (κ1) is 23.0. The molecular weight excluding hydrogens is 462 g/mol. The minimum absolute atomic E-state index is 0.0741. The number of benzene rings is 2. The fourth-order valence-electron chi connectivity index (χ4n) is 3.56. The highest BCUT2D eigenvalue weighted by Crippen LogP contribution is 2.40. The minimum Gasteiger partial charge on any atom is -0.507 e. The average molecular weight is 488 g/mol. The number of ketones is 1. The lowest BCUT2D eigenvalue weighted by Crippen LogP contribution is -2.32. The van der Waals surface area contributed by atoms with Crippen LogP contribution in [0.4, 0.5) is 0 Å². The Balaban J connectivity index is 2.09. The van der Waals surface area contributed by atoms with Gasteiger partial charge in [0.2, 0.25) is 0 Å². The number of rotatable bonds is 8. The van der Waals surface area contributed by atoms with E-state index in [2.05, 4.69) is 15.9 Å². The van der Waals surface area contributed by atoms with Crippen molar-refractivity contribution in [1.82, 2.24) is 4.90 Å². The van der Waals surface area contributed by atoms with Gasteiger partial charge in [-0.25, -0.2) is 0 Å². The van der Waals surface area contributed by atoms with E-state index in [1.807, 2.05) is 38.1 Å². The molecule has 164 valence electrons. The van der Waals surface area contributed by atoms with E-state index in [1.165, 1.54) is 12.0 Å². The predicted molar refractivity (Wildman–Crippen MR) is 122 cm³/mol. The quantitative estimate of drug-likeness (QED) is 0.334. The zero-order valence-electron chi connectivity index (χ0n) is 17.9. The summed E-state index contributed by atoms with van der Waals surface area (Å²) < 4.78 is 11.7. The maximum atomic E-state index is 13.0. The van der Waals surface area contributed by atoms with E-state index in [1.54, 1.807) is 18.2 Å². The highest BCUT2D eigenvalue weighted by molar-refractivity contribution is 9.10. The Morgan fingerprint density at radius 1 is 1.13 bits per heavy atom. The first-order valence-corrected chi connectivity index (χ1v) is 10.9. The lowest BCUT2D eigenvalue weighted by molar-refractivity contribution is -0.140. The van der Waals surface area contributed by atoms with Crippen LogP contribution in [0.25, 0.3) is 5.76 Å². The summed E-state index contributed by atoms with van der Waals surface area (Å²) in [5, 5.41) is 11.1. The summed E-state index contributed by atoms with van der Waals surface area (Å²) in [6.45, 7) is 5.04. The third kappa shape index (κ3) is 4.83. The lowest BCUT2D eigenvalue weighted by atomic mass is 9.95. The fourth-order valence-corrected chi connectivity index (χ4v) is 3.81. The highest BCUT2D eigenvalue weighted by atomic mass is 79.9. The number of halogens is 1. The molecule has 1 saturated heterocycles. The number of amides is 1. The number of likely N-dealkylation sites (tertiary alicyclic amines) is 1. The van der Waals surface area contributed by atoms with Crippen LogP contribution in [-0.4, -0.2) is 48.6 Å². The molecule has 0 spiro atoms. The first-order chi connectivity index (χ1) is 14.9. The summed E-state index contributed by atoms with van der Waals surface area (Å²) in [4.78, 5) is 27.2. The van der Waals surface area contributed by atoms with Gasteiger partial charge < -0.3 is 19.5 Å². The molecule has 1 aliphatic heterocycles. The molecule has 1 N–H and O–H groups in total. The van der Waals surface area contributed by atoms with Gasteiger partial charge in [-0.15, -0.1) is 0 Å². The Kier molecular flexibility index (Phi) is 7.51. The maximum Gasteiger partial charge on any atom is 0.295 e. The Morgan fingerprint density at radius 2 is 1.84 bits per heavy atom. The number of Topliss-reactive ketones (excluding diaryl/α,β-unsaturated/α-hetero) is 1. The smallest absolute Gasteiger partial charge is 0.295 e. The van der Waals surface area contributed by atoms with E-state index in [4.69, 9.17) is 9.47 Å². The summed E-state index contributed by atoms with van der Waals surface area (Å²) >= 11 is 3.44. The molecule has 1 unspecified atom stereocenters. The third-order valence-corrected chi connectivity index (χ3v) is 6.07. The Hall–Kier alpha value is -2.64. The monoisotopic (exact) mass is 487 g/mol. The predicted octanol–water partition coefficient (Wildman–Crippen LogP) is 4.61. The molecule has 1 aliphatic rings. The van der Waals surface area contributed by atoms with Gasteiger partial charge in [-0.05, 0) is 48.7 Å². The van der Waals surface area contributed by atoms with Crippen LogP contribution in [0.15, 0.2) is 52.5 Å². The molecule has 1 atom stereocenters. The van der Waals surface area contributed by atoms with Crippen molar-refractivity contribution >= 4 is 33.4 Å². The van der Waals surface area contributed by atoms with Crippen molar-refractivity contribution in [2.45, 2.75) is 26.3 Å². The van der Waals surface area contributed by atoms with E-state index in [-0.39, 0.29) is 24.5 Å². The van der Waals surface area contributed by atoms with E-state index >= 15 is 0 Å². The second kappa shape index (κ2) is 10.1. The van der Waals surface area contributed by atoms with Crippen LogP contribution in [-0.2, 0) is 14.3 Å². The number of carbonyl (C=O) groups is 2. The average Bonchev–Trinajstić information content (AvgIpc) is 3.02. The van der Waals surface area contributed by atoms with Crippen LogP contribution in [0.1, 0.15) is 36.1 Å². The number of hydrogen-bond acceptors (Lipinski definition) is 5. The van der Waals surface area contributed by atoms with Crippen molar-refractivity contribution < 1.29 is 24.2 Å². The second-order valence-electron chi connectivity index (χ2n) is 7.37. The van der Waals surface area contributed by atoms with Gasteiger partial charge in [-0.3, -0.25) is 9.59 Å². The van der Waals surface area contributed by atoms with Crippen LogP contribution in [0, 0.1) is 6.92 Å². The molecular formula is C24H26BrNO5. The van der Waals surface area contributed by atoms with Crippen LogP contribution in [0.2, 0.25) is 0 Å². The molecule has 3 rings (SSSR count). The van der Waals surface area contributed by atoms with Crippen molar-refractivity contribution in [3.8, 4) is 5.75 Å². The molecule has 7 heteroatoms. The van der Waals surface area contributed by atoms with E-state index in [9.17, 15) is 14.7 Å². The minimum atomic E-state index is -0.709. The number of ether oxygens (including phenoxy) is 2. The van der Waals surface area contributed by atoms with Gasteiger partial charge >= 0.3 is 0 Å². The molecule has 0 saturated carbocycles. The van der Waals surface area contributed by atoms with Crippen LogP contribution in [0.5, 0.6) is 5.75 Å². The molecule has 0 aliphatic carbocycles. The summed E-state index contributed by atoms with van der Waals surface area (Å²) in [5.74, 6) is -0.831. The van der Waals surface area contributed by atoms with Crippen molar-refractivity contribution in [3.63, 3.8) is 0 Å². The van der Waals surface area contributed by atoms with Gasteiger partial charge in [0.05, 0.1) is 24.8 Å². The fraction of sp³-hybridized carbons (Fsp3) is 0.333. The standard InChI is InChI=1S/C24H26BrNO5/c1-4-12-31-18-8-5-16(6-9-18)21-20(23(28)24(29)26(21)11-13-30-3)22(27)17-7-10-19(25)15(2)14-17/h5-10,14,21,27H,4,11-13H2,1-3H3/b22-20-. The molecule has 6 nitrogen and oxygen atoms in total. The lowest BCUT2D eigenvalue weighted by Gasteiger charge is -2.25. The molecule has 0 radical (unpaired) electrons. The zero-order chi connectivity index (χ0) is 22.5. The molecule has 1 heterocycles. The number of aryl methyl sites for hydroxylation is 1. The normalized spacial score (nSPS) is 17.9. The van der Waals surface area contributed by atoms with Crippen LogP contribution in [0.3, 0.4) is 0 Å². The molecule has 1 fully saturated rings. The molecule has 1 amide bonds. The van der Waals surface area contributed by atoms with Gasteiger partial charge in [0, 0.05) is 23.7 Å². The number of aliphatic hydroxyl groups is 1. The number of carbonyl (C=O) groups excluding carboxylic acids is 2. The van der Waals surface area contributed by atoms with Crippen LogP contribution < -0.4 is 4.74 Å². The van der Waals surface area contributed by atoms with Gasteiger partial charge in [-0.1, -0.05) is 41.1 Å². The maximum absolute atomic E-state index is 13.0. The van der Waals surface area contributed by atoms with Crippen molar-refractivity contribution in [2.24, 2.45) is 0 Å². The van der Waals surface area contributed by atoms with Gasteiger partial charge in [0.25, 0.3) is 11.7 Å². The molecule has 0 aromatic heterocycles. The Labute approximate surface area is 190 Å².